The predicted octanol–water partition coefficient (Wildman–Crippen LogP) is 5.88. The maximum Gasteiger partial charge on any atom is 0.264 e. The highest BCUT2D eigenvalue weighted by Gasteiger charge is 2.35. The Morgan fingerprint density at radius 2 is 1.43 bits per heavy atom. The standard InChI is InChI=1S/C35H38FN3O4S/c1-4-27(3)37-35(41)33(23-28-16-7-5-8-17-28)38(24-29-18-12-13-21-31(29)36)34(40)25-39(32-22-14-11-15-26(32)2)44(42,43)30-19-9-6-10-20-30/h5-22,27,33H,4,23-25H2,1-3H3,(H,37,41). The first-order chi connectivity index (χ1) is 21.1. The lowest BCUT2D eigenvalue weighted by atomic mass is 10.0. The van der Waals surface area contributed by atoms with Crippen molar-refractivity contribution in [1.29, 1.82) is 0 Å². The molecule has 9 heteroatoms. The Morgan fingerprint density at radius 3 is 2.07 bits per heavy atom. The number of amides is 2. The van der Waals surface area contributed by atoms with Crippen molar-refractivity contribution in [2.75, 3.05) is 10.8 Å². The van der Waals surface area contributed by atoms with Crippen LogP contribution >= 0.6 is 0 Å². The van der Waals surface area contributed by atoms with Crippen LogP contribution in [0, 0.1) is 12.7 Å². The number of nitrogens with zero attached hydrogens (tertiary/aromatic N) is 2. The highest BCUT2D eigenvalue weighted by Crippen LogP contribution is 2.28. The van der Waals surface area contributed by atoms with Crippen LogP contribution in [0.5, 0.6) is 0 Å². The zero-order chi connectivity index (χ0) is 31.7. The van der Waals surface area contributed by atoms with Crippen LogP contribution in [0.3, 0.4) is 0 Å². The summed E-state index contributed by atoms with van der Waals surface area (Å²) in [5, 5.41) is 2.98. The fraction of sp³-hybridized carbons (Fsp3) is 0.257. The monoisotopic (exact) mass is 615 g/mol. The molecular weight excluding hydrogens is 577 g/mol. The number of hydrogen-bond donors (Lipinski definition) is 1. The number of nitrogens with one attached hydrogen (secondary N) is 1. The molecule has 2 unspecified atom stereocenters. The maximum atomic E-state index is 15.0. The normalized spacial score (nSPS) is 12.6. The van der Waals surface area contributed by atoms with Crippen LogP contribution in [0.1, 0.15) is 37.0 Å². The van der Waals surface area contributed by atoms with E-state index in [-0.39, 0.29) is 29.5 Å². The molecule has 0 radical (unpaired) electrons. The van der Waals surface area contributed by atoms with Gasteiger partial charge in [0.15, 0.2) is 0 Å². The van der Waals surface area contributed by atoms with E-state index in [1.54, 1.807) is 67.6 Å². The van der Waals surface area contributed by atoms with Crippen molar-refractivity contribution in [1.82, 2.24) is 10.2 Å². The number of sulfonamides is 1. The molecule has 4 aromatic carbocycles. The highest BCUT2D eigenvalue weighted by molar-refractivity contribution is 7.92. The van der Waals surface area contributed by atoms with Gasteiger partial charge in [0.1, 0.15) is 18.4 Å². The Kier molecular flexibility index (Phi) is 10.9. The Morgan fingerprint density at radius 1 is 0.841 bits per heavy atom. The molecule has 7 nitrogen and oxygen atoms in total. The van der Waals surface area contributed by atoms with E-state index in [2.05, 4.69) is 5.32 Å². The second-order valence-electron chi connectivity index (χ2n) is 10.7. The smallest absolute Gasteiger partial charge is 0.264 e. The molecule has 0 aliphatic rings. The number of hydrogen-bond acceptors (Lipinski definition) is 4. The van der Waals surface area contributed by atoms with Gasteiger partial charge >= 0.3 is 0 Å². The van der Waals surface area contributed by atoms with Gasteiger partial charge < -0.3 is 10.2 Å². The van der Waals surface area contributed by atoms with E-state index < -0.39 is 40.2 Å². The summed E-state index contributed by atoms with van der Waals surface area (Å²) in [5.41, 5.74) is 1.99. The third-order valence-corrected chi connectivity index (χ3v) is 9.34. The predicted molar refractivity (Wildman–Crippen MR) is 171 cm³/mol. The molecule has 2 atom stereocenters. The van der Waals surface area contributed by atoms with Gasteiger partial charge in [-0.05, 0) is 55.7 Å². The molecule has 0 aromatic heterocycles. The summed E-state index contributed by atoms with van der Waals surface area (Å²) >= 11 is 0. The van der Waals surface area contributed by atoms with E-state index in [1.807, 2.05) is 44.2 Å². The molecule has 44 heavy (non-hydrogen) atoms. The minimum Gasteiger partial charge on any atom is -0.352 e. The Bertz CT molecular complexity index is 1670. The van der Waals surface area contributed by atoms with E-state index >= 15 is 4.39 Å². The van der Waals surface area contributed by atoms with Crippen LogP contribution in [0.4, 0.5) is 10.1 Å². The van der Waals surface area contributed by atoms with Crippen molar-refractivity contribution >= 4 is 27.5 Å². The summed E-state index contributed by atoms with van der Waals surface area (Å²) in [6.45, 7) is 4.74. The molecule has 0 spiro atoms. The fourth-order valence-electron chi connectivity index (χ4n) is 4.88. The van der Waals surface area contributed by atoms with E-state index in [0.717, 1.165) is 9.87 Å². The summed E-state index contributed by atoms with van der Waals surface area (Å²) < 4.78 is 44.2. The summed E-state index contributed by atoms with van der Waals surface area (Å²) in [5.74, 6) is -1.57. The Hall–Kier alpha value is -4.50. The number of halogens is 1. The first-order valence-electron chi connectivity index (χ1n) is 14.6. The zero-order valence-electron chi connectivity index (χ0n) is 25.2. The third kappa shape index (κ3) is 7.90. The molecule has 4 rings (SSSR count). The molecule has 0 saturated carbocycles. The molecule has 0 aliphatic carbocycles. The van der Waals surface area contributed by atoms with E-state index in [9.17, 15) is 18.0 Å². The van der Waals surface area contributed by atoms with Gasteiger partial charge in [-0.1, -0.05) is 91.9 Å². The van der Waals surface area contributed by atoms with E-state index in [4.69, 9.17) is 0 Å². The molecule has 2 amide bonds. The van der Waals surface area contributed by atoms with Gasteiger partial charge in [0.05, 0.1) is 10.6 Å². The second-order valence-corrected chi connectivity index (χ2v) is 12.6. The minimum absolute atomic E-state index is 0.0204. The topological polar surface area (TPSA) is 86.8 Å². The number of aryl methyl sites for hydroxylation is 1. The van der Waals surface area contributed by atoms with Crippen molar-refractivity contribution in [2.24, 2.45) is 0 Å². The van der Waals surface area contributed by atoms with Crippen LogP contribution in [0.15, 0.2) is 114 Å². The molecule has 4 aromatic rings. The number of carbonyl (C=O) groups excluding carboxylic acids is 2. The average Bonchev–Trinajstić information content (AvgIpc) is 3.03. The molecule has 0 bridgehead atoms. The minimum atomic E-state index is -4.20. The van der Waals surface area contributed by atoms with Crippen LogP contribution in [-0.2, 0) is 32.6 Å². The van der Waals surface area contributed by atoms with Gasteiger partial charge in [-0.15, -0.1) is 0 Å². The molecule has 0 heterocycles. The van der Waals surface area contributed by atoms with Crippen LogP contribution in [0.25, 0.3) is 0 Å². The van der Waals surface area contributed by atoms with Crippen LogP contribution in [-0.4, -0.2) is 43.8 Å². The number of para-hydroxylation sites is 1. The number of carbonyl (C=O) groups is 2. The zero-order valence-corrected chi connectivity index (χ0v) is 26.0. The average molecular weight is 616 g/mol. The first-order valence-corrected chi connectivity index (χ1v) is 16.1. The molecule has 1 N–H and O–H groups in total. The van der Waals surface area contributed by atoms with Gasteiger partial charge in [-0.3, -0.25) is 13.9 Å². The summed E-state index contributed by atoms with van der Waals surface area (Å²) in [7, 11) is -4.20. The molecule has 0 saturated heterocycles. The van der Waals surface area contributed by atoms with Crippen molar-refractivity contribution in [3.05, 3.63) is 132 Å². The van der Waals surface area contributed by atoms with Crippen molar-refractivity contribution < 1.29 is 22.4 Å². The Labute approximate surface area is 259 Å². The summed E-state index contributed by atoms with van der Waals surface area (Å²) in [6.07, 6.45) is 0.820. The third-order valence-electron chi connectivity index (χ3n) is 7.56. The fourth-order valence-corrected chi connectivity index (χ4v) is 6.38. The maximum absolute atomic E-state index is 15.0. The Balaban J connectivity index is 1.82. The quantitative estimate of drug-likeness (QED) is 0.203. The highest BCUT2D eigenvalue weighted by atomic mass is 32.2. The van der Waals surface area contributed by atoms with Gasteiger partial charge in [0.25, 0.3) is 10.0 Å². The van der Waals surface area contributed by atoms with Crippen molar-refractivity contribution in [3.8, 4) is 0 Å². The largest absolute Gasteiger partial charge is 0.352 e. The van der Waals surface area contributed by atoms with Gasteiger partial charge in [-0.25, -0.2) is 12.8 Å². The molecule has 230 valence electrons. The molecule has 0 aliphatic heterocycles. The van der Waals surface area contributed by atoms with Gasteiger partial charge in [0, 0.05) is 24.6 Å². The van der Waals surface area contributed by atoms with Gasteiger partial charge in [0.2, 0.25) is 11.8 Å². The lowest BCUT2D eigenvalue weighted by Gasteiger charge is -2.34. The molecule has 0 fully saturated rings. The summed E-state index contributed by atoms with van der Waals surface area (Å²) in [6, 6.07) is 28.9. The second kappa shape index (κ2) is 14.8. The summed E-state index contributed by atoms with van der Waals surface area (Å²) in [4.78, 5) is 29.6. The van der Waals surface area contributed by atoms with Crippen LogP contribution in [0.2, 0.25) is 0 Å². The first kappa shape index (κ1) is 32.4. The lowest BCUT2D eigenvalue weighted by Crippen LogP contribution is -2.54. The van der Waals surface area contributed by atoms with E-state index in [1.165, 1.54) is 23.1 Å². The van der Waals surface area contributed by atoms with Crippen LogP contribution < -0.4 is 9.62 Å². The lowest BCUT2D eigenvalue weighted by molar-refractivity contribution is -0.140. The SMILES string of the molecule is CCC(C)NC(=O)C(Cc1ccccc1)N(Cc1ccccc1F)C(=O)CN(c1ccccc1C)S(=O)(=O)c1ccccc1. The van der Waals surface area contributed by atoms with Crippen molar-refractivity contribution in [2.45, 2.75) is 57.1 Å². The van der Waals surface area contributed by atoms with Crippen molar-refractivity contribution in [3.63, 3.8) is 0 Å². The van der Waals surface area contributed by atoms with Gasteiger partial charge in [-0.2, -0.15) is 0 Å². The van der Waals surface area contributed by atoms with E-state index in [0.29, 0.717) is 17.7 Å². The molecular formula is C35H38FN3O4S. The number of benzene rings is 4. The number of rotatable bonds is 13. The number of anilines is 1.